The third kappa shape index (κ3) is 4.73. The molecule has 0 aliphatic carbocycles. The molecule has 0 aromatic carbocycles. The van der Waals surface area contributed by atoms with Crippen molar-refractivity contribution in [3.63, 3.8) is 0 Å². The zero-order chi connectivity index (χ0) is 17.5. The Hall–Kier alpha value is -3.56. The van der Waals surface area contributed by atoms with Crippen LogP contribution in [-0.4, -0.2) is 39.6 Å². The number of rotatable bonds is 3. The molecule has 1 saturated heterocycles. The van der Waals surface area contributed by atoms with Crippen LogP contribution in [0.2, 0.25) is 0 Å². The summed E-state index contributed by atoms with van der Waals surface area (Å²) in [6.45, 7) is 1.86. The molecular weight excluding hydrogens is 318 g/mol. The highest BCUT2D eigenvalue weighted by Crippen LogP contribution is 2.14. The zero-order valence-electron chi connectivity index (χ0n) is 12.6. The number of amides is 3. The molecule has 3 rings (SSSR count). The monoisotopic (exact) mass is 331 g/mol. The van der Waals surface area contributed by atoms with Gasteiger partial charge in [0.25, 0.3) is 0 Å². The number of hydrogen-bond donors (Lipinski definition) is 1. The largest absolute Gasteiger partial charge is 0.433 e. The van der Waals surface area contributed by atoms with Gasteiger partial charge in [-0.15, -0.1) is 0 Å². The number of nitrogens with zero attached hydrogens (tertiary/aromatic N) is 4. The summed E-state index contributed by atoms with van der Waals surface area (Å²) in [5.74, 6) is -0.769. The van der Waals surface area contributed by atoms with Crippen molar-refractivity contribution in [1.29, 1.82) is 0 Å². The Labute approximate surface area is 135 Å². The number of nitro groups is 1. The lowest BCUT2D eigenvalue weighted by Crippen LogP contribution is -2.24. The van der Waals surface area contributed by atoms with Gasteiger partial charge in [-0.1, -0.05) is 0 Å². The van der Waals surface area contributed by atoms with Gasteiger partial charge in [0.2, 0.25) is 5.91 Å². The topological polar surface area (TPSA) is 131 Å². The second-order valence-electron chi connectivity index (χ2n) is 4.61. The van der Waals surface area contributed by atoms with E-state index in [4.69, 9.17) is 4.42 Å². The van der Waals surface area contributed by atoms with Crippen molar-refractivity contribution in [2.24, 2.45) is 5.10 Å². The molecule has 0 unspecified atom stereocenters. The van der Waals surface area contributed by atoms with E-state index in [0.29, 0.717) is 0 Å². The number of nitrogens with one attached hydrogen (secondary N) is 1. The van der Waals surface area contributed by atoms with E-state index in [2.05, 4.69) is 10.1 Å². The molecule has 0 saturated carbocycles. The van der Waals surface area contributed by atoms with Crippen molar-refractivity contribution in [3.05, 3.63) is 58.1 Å². The van der Waals surface area contributed by atoms with Crippen LogP contribution in [0.15, 0.2) is 46.2 Å². The number of hydrazone groups is 1. The van der Waals surface area contributed by atoms with Crippen molar-refractivity contribution >= 4 is 24.0 Å². The van der Waals surface area contributed by atoms with Crippen molar-refractivity contribution in [2.75, 3.05) is 6.54 Å². The molecule has 0 atom stereocenters. The van der Waals surface area contributed by atoms with E-state index in [1.807, 2.05) is 24.4 Å². The van der Waals surface area contributed by atoms with Gasteiger partial charge < -0.3 is 4.42 Å². The van der Waals surface area contributed by atoms with Gasteiger partial charge in [0, 0.05) is 12.4 Å². The summed E-state index contributed by atoms with van der Waals surface area (Å²) in [5.41, 5.74) is 1.26. The van der Waals surface area contributed by atoms with E-state index >= 15 is 0 Å². The average molecular weight is 331 g/mol. The molecular formula is C14H13N5O5. The first-order valence-corrected chi connectivity index (χ1v) is 6.72. The van der Waals surface area contributed by atoms with Gasteiger partial charge in [0.15, 0.2) is 5.76 Å². The van der Waals surface area contributed by atoms with Crippen LogP contribution in [0.4, 0.5) is 10.7 Å². The Kier molecular flexibility index (Phi) is 5.34. The minimum Gasteiger partial charge on any atom is -0.400 e. The first-order valence-electron chi connectivity index (χ1n) is 6.72. The summed E-state index contributed by atoms with van der Waals surface area (Å²) in [6, 6.07) is 5.79. The van der Waals surface area contributed by atoms with Crippen LogP contribution in [0.25, 0.3) is 0 Å². The number of carbonyl (C=O) groups excluding carboxylic acids is 2. The fourth-order valence-corrected chi connectivity index (χ4v) is 1.59. The summed E-state index contributed by atoms with van der Waals surface area (Å²) in [4.78, 5) is 35.3. The average Bonchev–Trinajstić information content (AvgIpc) is 3.13. The number of aryl methyl sites for hydroxylation is 1. The summed E-state index contributed by atoms with van der Waals surface area (Å²) < 4.78 is 4.78. The second-order valence-corrected chi connectivity index (χ2v) is 4.61. The third-order valence-electron chi connectivity index (χ3n) is 2.74. The number of hydrogen-bond acceptors (Lipinski definition) is 7. The third-order valence-corrected chi connectivity index (χ3v) is 2.74. The van der Waals surface area contributed by atoms with E-state index in [0.717, 1.165) is 17.3 Å². The Balaban J connectivity index is 0.000000249. The highest BCUT2D eigenvalue weighted by Gasteiger charge is 2.26. The van der Waals surface area contributed by atoms with Crippen LogP contribution in [0.1, 0.15) is 11.3 Å². The first-order chi connectivity index (χ1) is 11.5. The highest BCUT2D eigenvalue weighted by atomic mass is 16.6. The standard InChI is InChI=1S/C8H6N4O5.C6H7N/c13-6-4-11(8(14)10-6)9-3-5-1-2-7(17-5)12(15)16;1-6-2-4-7-5-3-6/h1-3H,4H2,(H,10,13,14);2-5H,1H3/b9-3+;. The SMILES string of the molecule is Cc1ccncc1.O=C1CN(/N=C/c2ccc([N+](=O)[O-])o2)C(=O)N1. The lowest BCUT2D eigenvalue weighted by Gasteiger charge is -2.02. The molecule has 1 aliphatic heterocycles. The van der Waals surface area contributed by atoms with Crippen molar-refractivity contribution in [1.82, 2.24) is 15.3 Å². The Morgan fingerprint density at radius 1 is 1.33 bits per heavy atom. The number of imide groups is 1. The molecule has 3 amide bonds. The van der Waals surface area contributed by atoms with E-state index in [-0.39, 0.29) is 12.3 Å². The quantitative estimate of drug-likeness (QED) is 0.392. The lowest BCUT2D eigenvalue weighted by atomic mass is 10.3. The van der Waals surface area contributed by atoms with E-state index < -0.39 is 22.7 Å². The summed E-state index contributed by atoms with van der Waals surface area (Å²) >= 11 is 0. The number of pyridine rings is 1. The van der Waals surface area contributed by atoms with Gasteiger partial charge in [-0.25, -0.2) is 9.80 Å². The molecule has 3 heterocycles. The number of furan rings is 1. The fraction of sp³-hybridized carbons (Fsp3) is 0.143. The Bertz CT molecular complexity index is 771. The van der Waals surface area contributed by atoms with Gasteiger partial charge in [0.05, 0.1) is 12.3 Å². The maximum absolute atomic E-state index is 11.1. The van der Waals surface area contributed by atoms with Gasteiger partial charge in [0.1, 0.15) is 11.5 Å². The molecule has 10 heteroatoms. The van der Waals surface area contributed by atoms with Gasteiger partial charge in [-0.3, -0.25) is 25.2 Å². The van der Waals surface area contributed by atoms with Crippen molar-refractivity contribution in [3.8, 4) is 0 Å². The molecule has 1 aliphatic rings. The van der Waals surface area contributed by atoms with Gasteiger partial charge in [-0.2, -0.15) is 5.10 Å². The predicted octanol–water partition coefficient (Wildman–Crippen LogP) is 1.46. The second kappa shape index (κ2) is 7.63. The molecule has 2 aromatic heterocycles. The molecule has 2 aromatic rings. The maximum atomic E-state index is 11.1. The Morgan fingerprint density at radius 2 is 2.04 bits per heavy atom. The summed E-state index contributed by atoms with van der Waals surface area (Å²) in [6.07, 6.45) is 4.69. The number of carbonyl (C=O) groups is 2. The van der Waals surface area contributed by atoms with E-state index in [1.165, 1.54) is 11.6 Å². The Morgan fingerprint density at radius 3 is 2.50 bits per heavy atom. The lowest BCUT2D eigenvalue weighted by molar-refractivity contribution is -0.402. The minimum absolute atomic E-state index is 0.115. The summed E-state index contributed by atoms with van der Waals surface area (Å²) in [7, 11) is 0. The molecule has 1 fully saturated rings. The van der Waals surface area contributed by atoms with Crippen LogP contribution in [0.5, 0.6) is 0 Å². The highest BCUT2D eigenvalue weighted by molar-refractivity contribution is 6.02. The molecule has 0 spiro atoms. The van der Waals surface area contributed by atoms with Crippen LogP contribution in [0.3, 0.4) is 0 Å². The number of aromatic nitrogens is 1. The predicted molar refractivity (Wildman–Crippen MR) is 82.2 cm³/mol. The zero-order valence-corrected chi connectivity index (χ0v) is 12.6. The molecule has 0 radical (unpaired) electrons. The van der Waals surface area contributed by atoms with Crippen LogP contribution < -0.4 is 5.32 Å². The van der Waals surface area contributed by atoms with Crippen molar-refractivity contribution < 1.29 is 18.9 Å². The molecule has 1 N–H and O–H groups in total. The maximum Gasteiger partial charge on any atom is 0.433 e. The fourth-order valence-electron chi connectivity index (χ4n) is 1.59. The van der Waals surface area contributed by atoms with Crippen LogP contribution >= 0.6 is 0 Å². The molecule has 24 heavy (non-hydrogen) atoms. The van der Waals surface area contributed by atoms with Crippen molar-refractivity contribution in [2.45, 2.75) is 6.92 Å². The first kappa shape index (κ1) is 16.8. The van der Waals surface area contributed by atoms with Gasteiger partial charge >= 0.3 is 11.9 Å². The van der Waals surface area contributed by atoms with E-state index in [1.54, 1.807) is 12.4 Å². The minimum atomic E-state index is -0.691. The van der Waals surface area contributed by atoms with Crippen LogP contribution in [0, 0.1) is 17.0 Å². The molecule has 0 bridgehead atoms. The van der Waals surface area contributed by atoms with E-state index in [9.17, 15) is 19.7 Å². The van der Waals surface area contributed by atoms with Crippen LogP contribution in [-0.2, 0) is 4.79 Å². The molecule has 124 valence electrons. The van der Waals surface area contributed by atoms with Gasteiger partial charge in [-0.05, 0) is 30.7 Å². The number of urea groups is 1. The molecule has 10 nitrogen and oxygen atoms in total. The normalized spacial score (nSPS) is 13.6. The smallest absolute Gasteiger partial charge is 0.400 e. The summed E-state index contributed by atoms with van der Waals surface area (Å²) in [5, 5.41) is 16.9.